The van der Waals surface area contributed by atoms with Crippen molar-refractivity contribution in [2.75, 3.05) is 0 Å². The van der Waals surface area contributed by atoms with Crippen molar-refractivity contribution in [2.45, 2.75) is 19.5 Å². The lowest BCUT2D eigenvalue weighted by Gasteiger charge is -2.10. The molecule has 0 aliphatic carbocycles. The average molecular weight is 236 g/mol. The molecular weight excluding hydrogens is 228 g/mol. The second kappa shape index (κ2) is 4.11. The van der Waals surface area contributed by atoms with E-state index in [1.807, 2.05) is 0 Å². The monoisotopic (exact) mass is 236 g/mol. The van der Waals surface area contributed by atoms with E-state index in [1.165, 1.54) is 6.92 Å². The van der Waals surface area contributed by atoms with Gasteiger partial charge in [0.05, 0.1) is 11.1 Å². The van der Waals surface area contributed by atoms with Crippen LogP contribution in [-0.2, 0) is 6.18 Å². The molecule has 0 heterocycles. The molecule has 0 saturated heterocycles. The number of aromatic hydroxyl groups is 1. The lowest BCUT2D eigenvalue weighted by molar-refractivity contribution is -0.140. The first-order valence-electron chi connectivity index (χ1n) is 4.41. The van der Waals surface area contributed by atoms with Crippen LogP contribution in [-0.4, -0.2) is 10.9 Å². The van der Waals surface area contributed by atoms with Gasteiger partial charge in [0.15, 0.2) is 17.3 Å². The highest BCUT2D eigenvalue weighted by Crippen LogP contribution is 2.36. The summed E-state index contributed by atoms with van der Waals surface area (Å²) in [5, 5.41) is 9.15. The zero-order valence-electron chi connectivity index (χ0n) is 8.23. The highest BCUT2D eigenvalue weighted by Gasteiger charge is 2.36. The van der Waals surface area contributed by atoms with Crippen LogP contribution in [0.2, 0.25) is 0 Å². The Morgan fingerprint density at radius 2 is 1.94 bits per heavy atom. The minimum absolute atomic E-state index is 0.0294. The quantitative estimate of drug-likeness (QED) is 0.632. The Bertz CT molecular complexity index is 424. The molecule has 0 unspecified atom stereocenters. The summed E-state index contributed by atoms with van der Waals surface area (Å²) in [6.07, 6.45) is -4.92. The predicted octanol–water partition coefficient (Wildman–Crippen LogP) is 3.14. The van der Waals surface area contributed by atoms with Gasteiger partial charge in [-0.05, 0) is 12.1 Å². The first-order chi connectivity index (χ1) is 7.29. The molecule has 0 saturated carbocycles. The Labute approximate surface area is 88.5 Å². The van der Waals surface area contributed by atoms with Crippen molar-refractivity contribution in [1.82, 2.24) is 0 Å². The van der Waals surface area contributed by atoms with Gasteiger partial charge in [-0.15, -0.1) is 0 Å². The third-order valence-corrected chi connectivity index (χ3v) is 2.04. The molecule has 0 aliphatic heterocycles. The number of ketones is 1. The van der Waals surface area contributed by atoms with E-state index in [4.69, 9.17) is 5.11 Å². The number of halogens is 4. The van der Waals surface area contributed by atoms with Gasteiger partial charge in [-0.3, -0.25) is 4.79 Å². The van der Waals surface area contributed by atoms with Crippen molar-refractivity contribution < 1.29 is 27.5 Å². The van der Waals surface area contributed by atoms with Crippen molar-refractivity contribution in [2.24, 2.45) is 0 Å². The summed E-state index contributed by atoms with van der Waals surface area (Å²) in [6, 6.07) is 1.21. The Balaban J connectivity index is 3.35. The number of hydrogen-bond acceptors (Lipinski definition) is 2. The van der Waals surface area contributed by atoms with E-state index >= 15 is 0 Å². The van der Waals surface area contributed by atoms with Crippen molar-refractivity contribution in [3.63, 3.8) is 0 Å². The number of benzene rings is 1. The summed E-state index contributed by atoms with van der Waals surface area (Å²) in [7, 11) is 0. The van der Waals surface area contributed by atoms with Crippen LogP contribution in [0.1, 0.15) is 29.3 Å². The fourth-order valence-corrected chi connectivity index (χ4v) is 1.20. The molecule has 0 atom stereocenters. The Morgan fingerprint density at radius 3 is 2.38 bits per heavy atom. The fourth-order valence-electron chi connectivity index (χ4n) is 1.20. The molecule has 88 valence electrons. The normalized spacial score (nSPS) is 11.6. The van der Waals surface area contributed by atoms with E-state index in [0.29, 0.717) is 6.07 Å². The van der Waals surface area contributed by atoms with Gasteiger partial charge in [-0.2, -0.15) is 13.2 Å². The number of phenolic OH excluding ortho intramolecular Hbond substituents is 1. The van der Waals surface area contributed by atoms with Gasteiger partial charge in [0.1, 0.15) is 0 Å². The van der Waals surface area contributed by atoms with Crippen molar-refractivity contribution in [3.8, 4) is 5.75 Å². The predicted molar refractivity (Wildman–Crippen MR) is 47.7 cm³/mol. The topological polar surface area (TPSA) is 37.3 Å². The second-order valence-corrected chi connectivity index (χ2v) is 3.10. The van der Waals surface area contributed by atoms with Crippen molar-refractivity contribution in [3.05, 3.63) is 29.1 Å². The number of phenols is 1. The van der Waals surface area contributed by atoms with Crippen LogP contribution in [0.25, 0.3) is 0 Å². The largest absolute Gasteiger partial charge is 0.504 e. The van der Waals surface area contributed by atoms with E-state index < -0.39 is 34.7 Å². The summed E-state index contributed by atoms with van der Waals surface area (Å²) in [5.74, 6) is -3.68. The summed E-state index contributed by atoms with van der Waals surface area (Å²) < 4.78 is 49.8. The fraction of sp³-hybridized carbons (Fsp3) is 0.300. The van der Waals surface area contributed by atoms with E-state index in [0.717, 1.165) is 6.07 Å². The van der Waals surface area contributed by atoms with Crippen LogP contribution in [0.15, 0.2) is 12.1 Å². The van der Waals surface area contributed by atoms with Crippen LogP contribution < -0.4 is 0 Å². The molecule has 2 nitrogen and oxygen atoms in total. The molecule has 0 spiro atoms. The molecule has 0 radical (unpaired) electrons. The lowest BCUT2D eigenvalue weighted by Crippen LogP contribution is -2.10. The van der Waals surface area contributed by atoms with Gasteiger partial charge in [0, 0.05) is 6.42 Å². The Kier molecular flexibility index (Phi) is 3.21. The van der Waals surface area contributed by atoms with Gasteiger partial charge in [-0.1, -0.05) is 6.92 Å². The number of alkyl halides is 3. The van der Waals surface area contributed by atoms with Gasteiger partial charge < -0.3 is 5.11 Å². The molecule has 16 heavy (non-hydrogen) atoms. The van der Waals surface area contributed by atoms with Crippen molar-refractivity contribution >= 4 is 5.78 Å². The lowest BCUT2D eigenvalue weighted by atomic mass is 10.0. The number of carbonyl (C=O) groups is 1. The molecule has 1 aromatic rings. The maximum absolute atomic E-state index is 13.1. The highest BCUT2D eigenvalue weighted by atomic mass is 19.4. The van der Waals surface area contributed by atoms with E-state index in [1.54, 1.807) is 0 Å². The average Bonchev–Trinajstić information content (AvgIpc) is 2.19. The molecule has 0 fully saturated rings. The molecule has 1 rings (SSSR count). The first kappa shape index (κ1) is 12.5. The maximum Gasteiger partial charge on any atom is 0.419 e. The minimum Gasteiger partial charge on any atom is -0.504 e. The summed E-state index contributed by atoms with van der Waals surface area (Å²) in [4.78, 5) is 11.1. The van der Waals surface area contributed by atoms with E-state index in [-0.39, 0.29) is 6.42 Å². The van der Waals surface area contributed by atoms with E-state index in [2.05, 4.69) is 0 Å². The molecule has 6 heteroatoms. The van der Waals surface area contributed by atoms with Crippen LogP contribution in [0.4, 0.5) is 17.6 Å². The zero-order valence-corrected chi connectivity index (χ0v) is 8.23. The number of hydrogen-bond donors (Lipinski definition) is 1. The molecule has 1 aromatic carbocycles. The Hall–Kier alpha value is -1.59. The van der Waals surface area contributed by atoms with E-state index in [9.17, 15) is 22.4 Å². The standard InChI is InChI=1S/C10H8F4O2/c1-2-7(15)5-3-4-6(10(12,13)14)8(11)9(5)16/h3-4,16H,2H2,1H3. The first-order valence-corrected chi connectivity index (χ1v) is 4.41. The van der Waals surface area contributed by atoms with Crippen LogP contribution in [0.3, 0.4) is 0 Å². The second-order valence-electron chi connectivity index (χ2n) is 3.10. The SMILES string of the molecule is CCC(=O)c1ccc(C(F)(F)F)c(F)c1O. The van der Waals surface area contributed by atoms with Crippen molar-refractivity contribution in [1.29, 1.82) is 0 Å². The molecule has 0 bridgehead atoms. The zero-order chi connectivity index (χ0) is 12.5. The smallest absolute Gasteiger partial charge is 0.419 e. The summed E-state index contributed by atoms with van der Waals surface area (Å²) in [6.45, 7) is 1.46. The third kappa shape index (κ3) is 2.15. The van der Waals surface area contributed by atoms with Crippen LogP contribution in [0, 0.1) is 5.82 Å². The molecule has 0 aliphatic rings. The van der Waals surface area contributed by atoms with Gasteiger partial charge in [-0.25, -0.2) is 4.39 Å². The number of rotatable bonds is 2. The third-order valence-electron chi connectivity index (χ3n) is 2.04. The van der Waals surface area contributed by atoms with Gasteiger partial charge >= 0.3 is 6.18 Å². The molecule has 0 amide bonds. The highest BCUT2D eigenvalue weighted by molar-refractivity contribution is 5.98. The minimum atomic E-state index is -4.89. The molecular formula is C10H8F4O2. The number of carbonyl (C=O) groups excluding carboxylic acids is 1. The van der Waals surface area contributed by atoms with Gasteiger partial charge in [0.2, 0.25) is 0 Å². The summed E-state index contributed by atoms with van der Waals surface area (Å²) >= 11 is 0. The molecule has 1 N–H and O–H groups in total. The molecule has 0 aromatic heterocycles. The maximum atomic E-state index is 13.1. The number of Topliss-reactive ketones (excluding diaryl/α,β-unsaturated/α-hetero) is 1. The summed E-state index contributed by atoms with van der Waals surface area (Å²) in [5.41, 5.74) is -2.02. The van der Waals surface area contributed by atoms with Crippen LogP contribution in [0.5, 0.6) is 5.75 Å². The Morgan fingerprint density at radius 1 is 1.38 bits per heavy atom. The van der Waals surface area contributed by atoms with Gasteiger partial charge in [0.25, 0.3) is 0 Å². The van der Waals surface area contributed by atoms with Crippen LogP contribution >= 0.6 is 0 Å².